The maximum Gasteiger partial charge on any atom is 0.0998 e. The Kier molecular flexibility index (Phi) is 3.37. The zero-order valence-corrected chi connectivity index (χ0v) is 11.9. The molecule has 3 rings (SSSR count). The average Bonchev–Trinajstić information content (AvgIpc) is 2.89. The van der Waals surface area contributed by atoms with Gasteiger partial charge >= 0.3 is 0 Å². The monoisotopic (exact) mass is 275 g/mol. The third kappa shape index (κ3) is 2.36. The van der Waals surface area contributed by atoms with Crippen LogP contribution in [-0.2, 0) is 0 Å². The molecule has 1 heterocycles. The van der Waals surface area contributed by atoms with Crippen molar-refractivity contribution < 1.29 is 0 Å². The van der Waals surface area contributed by atoms with Crippen LogP contribution in [-0.4, -0.2) is 0 Å². The van der Waals surface area contributed by atoms with Gasteiger partial charge in [0.05, 0.1) is 11.6 Å². The molecule has 1 aromatic heterocycles. The number of aryl methyl sites for hydroxylation is 1. The number of allylic oxidation sites excluding steroid dienone is 1. The van der Waals surface area contributed by atoms with Crippen LogP contribution < -0.4 is 0 Å². The minimum Gasteiger partial charge on any atom is -0.192 e. The lowest BCUT2D eigenvalue weighted by molar-refractivity contribution is 1.45. The Labute approximate surface area is 122 Å². The average molecular weight is 275 g/mol. The molecule has 2 heteroatoms. The van der Waals surface area contributed by atoms with Gasteiger partial charge in [-0.1, -0.05) is 48.0 Å². The molecule has 0 radical (unpaired) electrons. The summed E-state index contributed by atoms with van der Waals surface area (Å²) in [6.07, 6.45) is 1.98. The van der Waals surface area contributed by atoms with Crippen molar-refractivity contribution in [2.24, 2.45) is 0 Å². The number of nitrogens with zero attached hydrogens (tertiary/aromatic N) is 1. The van der Waals surface area contributed by atoms with Gasteiger partial charge in [-0.15, -0.1) is 11.3 Å². The predicted octanol–water partition coefficient (Wildman–Crippen LogP) is 5.27. The number of rotatable bonds is 2. The van der Waals surface area contributed by atoms with Crippen LogP contribution in [0.5, 0.6) is 0 Å². The lowest BCUT2D eigenvalue weighted by Crippen LogP contribution is -1.82. The van der Waals surface area contributed by atoms with E-state index in [1.807, 2.05) is 49.4 Å². The van der Waals surface area contributed by atoms with Crippen molar-refractivity contribution in [2.75, 3.05) is 0 Å². The van der Waals surface area contributed by atoms with Gasteiger partial charge < -0.3 is 0 Å². The van der Waals surface area contributed by atoms with E-state index in [9.17, 15) is 5.26 Å². The molecule has 2 aromatic carbocycles. The molecule has 0 fully saturated rings. The fourth-order valence-electron chi connectivity index (χ4n) is 2.18. The van der Waals surface area contributed by atoms with E-state index >= 15 is 0 Å². The van der Waals surface area contributed by atoms with Gasteiger partial charge in [-0.3, -0.25) is 0 Å². The van der Waals surface area contributed by atoms with Crippen molar-refractivity contribution in [3.05, 3.63) is 70.6 Å². The molecule has 0 aliphatic carbocycles. The minimum atomic E-state index is 0.702. The first-order valence-corrected chi connectivity index (χ1v) is 7.31. The van der Waals surface area contributed by atoms with Gasteiger partial charge in [-0.2, -0.15) is 5.26 Å². The molecular formula is C18H13NS. The predicted molar refractivity (Wildman–Crippen MR) is 86.5 cm³/mol. The minimum absolute atomic E-state index is 0.702. The fourth-order valence-corrected chi connectivity index (χ4v) is 3.10. The molecule has 0 bridgehead atoms. The summed E-state index contributed by atoms with van der Waals surface area (Å²) in [5.74, 6) is 0. The van der Waals surface area contributed by atoms with Crippen molar-refractivity contribution >= 4 is 33.1 Å². The number of thiophene rings is 1. The highest BCUT2D eigenvalue weighted by Crippen LogP contribution is 2.29. The highest BCUT2D eigenvalue weighted by molar-refractivity contribution is 7.17. The first kappa shape index (κ1) is 12.7. The smallest absolute Gasteiger partial charge is 0.0998 e. The molecule has 0 N–H and O–H groups in total. The van der Waals surface area contributed by atoms with E-state index in [2.05, 4.69) is 23.6 Å². The van der Waals surface area contributed by atoms with Crippen LogP contribution in [0.4, 0.5) is 0 Å². The maximum atomic E-state index is 9.40. The fraction of sp³-hybridized carbons (Fsp3) is 0.0556. The largest absolute Gasteiger partial charge is 0.192 e. The van der Waals surface area contributed by atoms with Gasteiger partial charge in [0.1, 0.15) is 0 Å². The van der Waals surface area contributed by atoms with Gasteiger partial charge in [0.25, 0.3) is 0 Å². The van der Waals surface area contributed by atoms with Crippen molar-refractivity contribution in [2.45, 2.75) is 6.92 Å². The summed E-state index contributed by atoms with van der Waals surface area (Å²) in [4.78, 5) is 0. The molecule has 0 atom stereocenters. The van der Waals surface area contributed by atoms with Gasteiger partial charge in [0.2, 0.25) is 0 Å². The van der Waals surface area contributed by atoms with Gasteiger partial charge in [0, 0.05) is 4.70 Å². The molecule has 96 valence electrons. The van der Waals surface area contributed by atoms with E-state index in [0.29, 0.717) is 5.57 Å². The third-order valence-electron chi connectivity index (χ3n) is 3.29. The van der Waals surface area contributed by atoms with Crippen LogP contribution in [0.1, 0.15) is 16.7 Å². The molecule has 0 saturated carbocycles. The SMILES string of the molecule is Cc1ccc(/C(C#N)=C/c2csc3ccccc23)cc1. The number of fused-ring (bicyclic) bond motifs is 1. The molecule has 0 spiro atoms. The molecule has 0 amide bonds. The molecule has 1 nitrogen and oxygen atoms in total. The van der Waals surface area contributed by atoms with E-state index in [0.717, 1.165) is 11.1 Å². The van der Waals surface area contributed by atoms with E-state index in [-0.39, 0.29) is 0 Å². The lowest BCUT2D eigenvalue weighted by atomic mass is 10.0. The van der Waals surface area contributed by atoms with Gasteiger partial charge in [-0.25, -0.2) is 0 Å². The van der Waals surface area contributed by atoms with E-state index < -0.39 is 0 Å². The van der Waals surface area contributed by atoms with Crippen molar-refractivity contribution in [3.63, 3.8) is 0 Å². The number of benzene rings is 2. The van der Waals surface area contributed by atoms with Gasteiger partial charge in [-0.05, 0) is 41.0 Å². The Bertz CT molecular complexity index is 816. The summed E-state index contributed by atoms with van der Waals surface area (Å²) in [7, 11) is 0. The summed E-state index contributed by atoms with van der Waals surface area (Å²) < 4.78 is 1.25. The van der Waals surface area contributed by atoms with Crippen molar-refractivity contribution in [3.8, 4) is 6.07 Å². The van der Waals surface area contributed by atoms with E-state index in [1.54, 1.807) is 11.3 Å². The molecule has 0 unspecified atom stereocenters. The van der Waals surface area contributed by atoms with E-state index in [4.69, 9.17) is 0 Å². The number of hydrogen-bond acceptors (Lipinski definition) is 2. The first-order valence-electron chi connectivity index (χ1n) is 6.43. The normalized spacial score (nSPS) is 11.5. The Morgan fingerprint density at radius 1 is 1.10 bits per heavy atom. The summed E-state index contributed by atoms with van der Waals surface area (Å²) >= 11 is 1.71. The standard InChI is InChI=1S/C18H13NS/c1-13-6-8-14(9-7-13)15(11-19)10-16-12-20-18-5-3-2-4-17(16)18/h2-10,12H,1H3/b15-10+. The number of hydrogen-bond donors (Lipinski definition) is 0. The molecule has 20 heavy (non-hydrogen) atoms. The highest BCUT2D eigenvalue weighted by Gasteiger charge is 2.05. The van der Waals surface area contributed by atoms with Crippen molar-refractivity contribution in [1.29, 1.82) is 5.26 Å². The summed E-state index contributed by atoms with van der Waals surface area (Å²) in [5.41, 5.74) is 3.98. The molecular weight excluding hydrogens is 262 g/mol. The quantitative estimate of drug-likeness (QED) is 0.584. The molecule has 0 saturated heterocycles. The Hall–Kier alpha value is -2.37. The third-order valence-corrected chi connectivity index (χ3v) is 4.28. The van der Waals surface area contributed by atoms with Crippen LogP contribution in [0.2, 0.25) is 0 Å². The zero-order valence-electron chi connectivity index (χ0n) is 11.1. The van der Waals surface area contributed by atoms with Crippen LogP contribution in [0.15, 0.2) is 53.9 Å². The molecule has 3 aromatic rings. The Morgan fingerprint density at radius 2 is 1.85 bits per heavy atom. The Morgan fingerprint density at radius 3 is 2.60 bits per heavy atom. The summed E-state index contributed by atoms with van der Waals surface area (Å²) in [6.45, 7) is 2.05. The highest BCUT2D eigenvalue weighted by atomic mass is 32.1. The second kappa shape index (κ2) is 5.32. The first-order chi connectivity index (χ1) is 9.78. The topological polar surface area (TPSA) is 23.8 Å². The van der Waals surface area contributed by atoms with Crippen LogP contribution in [0, 0.1) is 18.3 Å². The van der Waals surface area contributed by atoms with Crippen LogP contribution in [0.25, 0.3) is 21.7 Å². The maximum absolute atomic E-state index is 9.40. The van der Waals surface area contributed by atoms with Gasteiger partial charge in [0.15, 0.2) is 0 Å². The number of nitriles is 1. The molecule has 0 aliphatic heterocycles. The second-order valence-electron chi connectivity index (χ2n) is 4.72. The summed E-state index contributed by atoms with van der Waals surface area (Å²) in [6, 6.07) is 18.6. The van der Waals surface area contributed by atoms with Crippen molar-refractivity contribution in [1.82, 2.24) is 0 Å². The second-order valence-corrected chi connectivity index (χ2v) is 5.63. The molecule has 0 aliphatic rings. The van der Waals surface area contributed by atoms with E-state index in [1.165, 1.54) is 15.6 Å². The Balaban J connectivity index is 2.09. The van der Waals surface area contributed by atoms with Crippen LogP contribution >= 0.6 is 11.3 Å². The zero-order chi connectivity index (χ0) is 13.9. The van der Waals surface area contributed by atoms with Crippen LogP contribution in [0.3, 0.4) is 0 Å². The lowest BCUT2D eigenvalue weighted by Gasteiger charge is -2.00. The summed E-state index contributed by atoms with van der Waals surface area (Å²) in [5, 5.41) is 12.7.